The minimum atomic E-state index is 0.126. The fourth-order valence-electron chi connectivity index (χ4n) is 1.88. The summed E-state index contributed by atoms with van der Waals surface area (Å²) in [5, 5.41) is 0. The maximum Gasteiger partial charge on any atom is 0.158 e. The topological polar surface area (TPSA) is 52.3 Å². The summed E-state index contributed by atoms with van der Waals surface area (Å²) in [7, 11) is 0. The largest absolute Gasteiger partial charge is 0.371 e. The van der Waals surface area contributed by atoms with E-state index in [1.54, 1.807) is 0 Å². The lowest BCUT2D eigenvalue weighted by molar-refractivity contribution is -0.125. The Labute approximate surface area is 106 Å². The van der Waals surface area contributed by atoms with Gasteiger partial charge in [0.15, 0.2) is 5.78 Å². The Bertz CT molecular complexity index is 219. The van der Waals surface area contributed by atoms with Crippen LogP contribution in [-0.2, 0) is 9.53 Å². The highest BCUT2D eigenvalue weighted by Gasteiger charge is 2.24. The molecule has 0 heterocycles. The van der Waals surface area contributed by atoms with Crippen LogP contribution in [0.3, 0.4) is 0 Å². The zero-order valence-corrected chi connectivity index (χ0v) is 12.1. The minimum Gasteiger partial charge on any atom is -0.371 e. The van der Waals surface area contributed by atoms with Gasteiger partial charge in [0.05, 0.1) is 6.10 Å². The van der Waals surface area contributed by atoms with E-state index in [0.717, 1.165) is 12.8 Å². The fourth-order valence-corrected chi connectivity index (χ4v) is 1.88. The predicted octanol–water partition coefficient (Wildman–Crippen LogP) is 2.77. The van der Waals surface area contributed by atoms with E-state index in [2.05, 4.69) is 20.8 Å². The van der Waals surface area contributed by atoms with Gasteiger partial charge in [-0.25, -0.2) is 0 Å². The van der Waals surface area contributed by atoms with Crippen LogP contribution in [0.2, 0.25) is 0 Å². The van der Waals surface area contributed by atoms with Crippen molar-refractivity contribution in [2.45, 2.75) is 60.0 Å². The number of rotatable bonds is 8. The van der Waals surface area contributed by atoms with Crippen LogP contribution in [0.1, 0.15) is 53.9 Å². The molecular weight excluding hydrogens is 214 g/mol. The SMILES string of the molecule is CC(C)OCC(=O)CCC(CCN)C(C)(C)C. The number of nitrogens with two attached hydrogens (primary N) is 1. The minimum absolute atomic E-state index is 0.126. The highest BCUT2D eigenvalue weighted by Crippen LogP contribution is 2.32. The van der Waals surface area contributed by atoms with Crippen molar-refractivity contribution in [2.75, 3.05) is 13.2 Å². The lowest BCUT2D eigenvalue weighted by atomic mass is 9.76. The van der Waals surface area contributed by atoms with E-state index >= 15 is 0 Å². The third-order valence-corrected chi connectivity index (χ3v) is 3.09. The molecule has 0 aliphatic carbocycles. The summed E-state index contributed by atoms with van der Waals surface area (Å²) in [5.74, 6) is 0.709. The fraction of sp³-hybridized carbons (Fsp3) is 0.929. The summed E-state index contributed by atoms with van der Waals surface area (Å²) in [6, 6.07) is 0. The Morgan fingerprint density at radius 3 is 2.24 bits per heavy atom. The second kappa shape index (κ2) is 7.83. The van der Waals surface area contributed by atoms with Gasteiger partial charge >= 0.3 is 0 Å². The Kier molecular flexibility index (Phi) is 7.64. The number of hydrogen-bond acceptors (Lipinski definition) is 3. The van der Waals surface area contributed by atoms with Gasteiger partial charge in [-0.05, 0) is 44.6 Å². The van der Waals surface area contributed by atoms with Crippen molar-refractivity contribution in [1.82, 2.24) is 0 Å². The van der Waals surface area contributed by atoms with E-state index in [9.17, 15) is 4.79 Å². The summed E-state index contributed by atoms with van der Waals surface area (Å²) in [4.78, 5) is 11.6. The van der Waals surface area contributed by atoms with Crippen LogP contribution in [0.5, 0.6) is 0 Å². The molecule has 0 fully saturated rings. The van der Waals surface area contributed by atoms with Crippen LogP contribution in [0, 0.1) is 11.3 Å². The molecule has 0 rings (SSSR count). The second-order valence-electron chi connectivity index (χ2n) is 6.08. The predicted molar refractivity (Wildman–Crippen MR) is 71.9 cm³/mol. The van der Waals surface area contributed by atoms with E-state index in [4.69, 9.17) is 10.5 Å². The molecule has 0 radical (unpaired) electrons. The van der Waals surface area contributed by atoms with Crippen LogP contribution >= 0.6 is 0 Å². The maximum absolute atomic E-state index is 11.6. The van der Waals surface area contributed by atoms with Gasteiger partial charge in [0, 0.05) is 6.42 Å². The molecule has 1 unspecified atom stereocenters. The molecule has 0 saturated heterocycles. The third-order valence-electron chi connectivity index (χ3n) is 3.09. The molecule has 0 amide bonds. The van der Waals surface area contributed by atoms with Crippen LogP contribution in [0.15, 0.2) is 0 Å². The average Bonchev–Trinajstić information content (AvgIpc) is 2.19. The monoisotopic (exact) mass is 243 g/mol. The van der Waals surface area contributed by atoms with Gasteiger partial charge in [0.1, 0.15) is 6.61 Å². The number of ether oxygens (including phenoxy) is 1. The molecule has 0 aliphatic rings. The van der Waals surface area contributed by atoms with Gasteiger partial charge in [0.2, 0.25) is 0 Å². The Hall–Kier alpha value is -0.410. The standard InChI is InChI=1S/C14H29NO2/c1-11(2)17-10-13(16)7-6-12(8-9-15)14(3,4)5/h11-12H,6-10,15H2,1-5H3. The second-order valence-corrected chi connectivity index (χ2v) is 6.08. The van der Waals surface area contributed by atoms with Crippen molar-refractivity contribution in [3.8, 4) is 0 Å². The first kappa shape index (κ1) is 16.6. The van der Waals surface area contributed by atoms with Gasteiger partial charge in [0.25, 0.3) is 0 Å². The number of ketones is 1. The molecule has 102 valence electrons. The highest BCUT2D eigenvalue weighted by molar-refractivity contribution is 5.79. The molecule has 0 aromatic rings. The molecule has 0 spiro atoms. The Balaban J connectivity index is 4.00. The van der Waals surface area contributed by atoms with E-state index in [-0.39, 0.29) is 23.9 Å². The number of carbonyl (C=O) groups excluding carboxylic acids is 1. The van der Waals surface area contributed by atoms with Crippen molar-refractivity contribution < 1.29 is 9.53 Å². The summed E-state index contributed by atoms with van der Waals surface area (Å²) < 4.78 is 5.31. The Morgan fingerprint density at radius 2 is 1.82 bits per heavy atom. The molecule has 0 aliphatic heterocycles. The maximum atomic E-state index is 11.6. The van der Waals surface area contributed by atoms with E-state index in [1.165, 1.54) is 0 Å². The van der Waals surface area contributed by atoms with Gasteiger partial charge in [-0.2, -0.15) is 0 Å². The zero-order valence-electron chi connectivity index (χ0n) is 12.1. The summed E-state index contributed by atoms with van der Waals surface area (Å²) >= 11 is 0. The molecule has 0 aromatic carbocycles. The first-order valence-electron chi connectivity index (χ1n) is 6.60. The summed E-state index contributed by atoms with van der Waals surface area (Å²) in [6.45, 7) is 11.5. The van der Waals surface area contributed by atoms with Crippen LogP contribution in [-0.4, -0.2) is 25.0 Å². The lowest BCUT2D eigenvalue weighted by Gasteiger charge is -2.30. The third kappa shape index (κ3) is 8.33. The molecular formula is C14H29NO2. The normalized spacial score (nSPS) is 14.1. The molecule has 3 nitrogen and oxygen atoms in total. The molecule has 2 N–H and O–H groups in total. The van der Waals surface area contributed by atoms with Crippen molar-refractivity contribution in [1.29, 1.82) is 0 Å². The quantitative estimate of drug-likeness (QED) is 0.713. The van der Waals surface area contributed by atoms with Crippen molar-refractivity contribution >= 4 is 5.78 Å². The van der Waals surface area contributed by atoms with Gasteiger partial charge < -0.3 is 10.5 Å². The van der Waals surface area contributed by atoms with E-state index in [0.29, 0.717) is 18.9 Å². The van der Waals surface area contributed by atoms with Crippen LogP contribution in [0.4, 0.5) is 0 Å². The van der Waals surface area contributed by atoms with Crippen molar-refractivity contribution in [2.24, 2.45) is 17.1 Å². The van der Waals surface area contributed by atoms with Crippen molar-refractivity contribution in [3.63, 3.8) is 0 Å². The first-order valence-corrected chi connectivity index (χ1v) is 6.60. The van der Waals surface area contributed by atoms with Crippen molar-refractivity contribution in [3.05, 3.63) is 0 Å². The summed E-state index contributed by atoms with van der Waals surface area (Å²) in [6.07, 6.45) is 2.64. The van der Waals surface area contributed by atoms with Gasteiger partial charge in [-0.1, -0.05) is 20.8 Å². The molecule has 17 heavy (non-hydrogen) atoms. The smallest absolute Gasteiger partial charge is 0.158 e. The number of carbonyl (C=O) groups is 1. The highest BCUT2D eigenvalue weighted by atomic mass is 16.5. The van der Waals surface area contributed by atoms with Gasteiger partial charge in [-0.15, -0.1) is 0 Å². The van der Waals surface area contributed by atoms with Gasteiger partial charge in [-0.3, -0.25) is 4.79 Å². The number of hydrogen-bond donors (Lipinski definition) is 1. The molecule has 0 aromatic heterocycles. The van der Waals surface area contributed by atoms with Crippen LogP contribution < -0.4 is 5.73 Å². The molecule has 0 bridgehead atoms. The summed E-state index contributed by atoms with van der Waals surface area (Å²) in [5.41, 5.74) is 5.84. The lowest BCUT2D eigenvalue weighted by Crippen LogP contribution is -2.25. The first-order chi connectivity index (χ1) is 7.77. The van der Waals surface area contributed by atoms with E-state index < -0.39 is 0 Å². The number of Topliss-reactive ketones (excluding diaryl/α,β-unsaturated/α-hetero) is 1. The molecule has 0 saturated carbocycles. The zero-order chi connectivity index (χ0) is 13.5. The van der Waals surface area contributed by atoms with Crippen LogP contribution in [0.25, 0.3) is 0 Å². The van der Waals surface area contributed by atoms with E-state index in [1.807, 2.05) is 13.8 Å². The molecule has 1 atom stereocenters. The molecule has 3 heteroatoms. The average molecular weight is 243 g/mol. The Morgan fingerprint density at radius 1 is 1.24 bits per heavy atom.